The highest BCUT2D eigenvalue weighted by Gasteiger charge is 2.01. The molecule has 0 saturated heterocycles. The Morgan fingerprint density at radius 2 is 0.870 bits per heavy atom. The normalized spacial score (nSPS) is 12.7. The van der Waals surface area contributed by atoms with E-state index < -0.39 is 0 Å². The number of unbranched alkanes of at least 4 members (excludes halogenated alkanes) is 14. The first-order valence-electron chi connectivity index (χ1n) is 10.8. The van der Waals surface area contributed by atoms with Gasteiger partial charge in [0, 0.05) is 6.04 Å². The topological polar surface area (TPSA) is 52.0 Å². The van der Waals surface area contributed by atoms with E-state index in [0.29, 0.717) is 6.04 Å². The van der Waals surface area contributed by atoms with Crippen molar-refractivity contribution in [1.82, 2.24) is 0 Å². The summed E-state index contributed by atoms with van der Waals surface area (Å²) in [5.41, 5.74) is 11.6. The van der Waals surface area contributed by atoms with Gasteiger partial charge in [0.25, 0.3) is 0 Å². The maximum absolute atomic E-state index is 6.12. The molecule has 0 radical (unpaired) electrons. The second kappa shape index (κ2) is 20.0. The zero-order chi connectivity index (χ0) is 17.0. The van der Waals surface area contributed by atoms with E-state index >= 15 is 0 Å². The second-order valence-electron chi connectivity index (χ2n) is 7.43. The molecule has 2 nitrogen and oxygen atoms in total. The Balaban J connectivity index is 3.05. The molecule has 1 atom stereocenters. The SMILES string of the molecule is CCCCCCCCCCCCCCCCC(N)CCCCN. The summed E-state index contributed by atoms with van der Waals surface area (Å²) < 4.78 is 0. The molecule has 0 spiro atoms. The van der Waals surface area contributed by atoms with Crippen molar-refractivity contribution in [3.05, 3.63) is 0 Å². The van der Waals surface area contributed by atoms with E-state index in [2.05, 4.69) is 6.92 Å². The molecule has 4 N–H and O–H groups in total. The van der Waals surface area contributed by atoms with E-state index in [1.54, 1.807) is 0 Å². The van der Waals surface area contributed by atoms with E-state index in [4.69, 9.17) is 11.5 Å². The van der Waals surface area contributed by atoms with Crippen LogP contribution in [0.1, 0.15) is 122 Å². The molecule has 0 aromatic rings. The lowest BCUT2D eigenvalue weighted by atomic mass is 10.0. The minimum Gasteiger partial charge on any atom is -0.330 e. The number of nitrogens with two attached hydrogens (primary N) is 2. The quantitative estimate of drug-likeness (QED) is 0.273. The van der Waals surface area contributed by atoms with Crippen LogP contribution in [0.15, 0.2) is 0 Å². The molecule has 0 amide bonds. The van der Waals surface area contributed by atoms with Crippen LogP contribution >= 0.6 is 0 Å². The van der Waals surface area contributed by atoms with Gasteiger partial charge in [-0.2, -0.15) is 0 Å². The lowest BCUT2D eigenvalue weighted by Crippen LogP contribution is -2.19. The van der Waals surface area contributed by atoms with E-state index in [9.17, 15) is 0 Å². The van der Waals surface area contributed by atoms with Crippen LogP contribution in [0.3, 0.4) is 0 Å². The summed E-state index contributed by atoms with van der Waals surface area (Å²) in [6.07, 6.45) is 24.7. The van der Waals surface area contributed by atoms with Crippen molar-refractivity contribution in [2.75, 3.05) is 6.54 Å². The summed E-state index contributed by atoms with van der Waals surface area (Å²) in [5, 5.41) is 0. The van der Waals surface area contributed by atoms with Crippen molar-refractivity contribution in [3.8, 4) is 0 Å². The van der Waals surface area contributed by atoms with Crippen molar-refractivity contribution in [3.63, 3.8) is 0 Å². The van der Waals surface area contributed by atoms with Crippen LogP contribution in [0.5, 0.6) is 0 Å². The summed E-state index contributed by atoms with van der Waals surface area (Å²) in [5.74, 6) is 0. The Bertz CT molecular complexity index is 206. The number of rotatable bonds is 19. The third-order valence-electron chi connectivity index (χ3n) is 4.96. The first-order chi connectivity index (χ1) is 11.3. The fourth-order valence-electron chi connectivity index (χ4n) is 3.30. The average Bonchev–Trinajstić information content (AvgIpc) is 2.55. The standard InChI is InChI=1S/C21H46N2/c1-2-3-4-5-6-7-8-9-10-11-12-13-14-15-18-21(23)19-16-17-20-22/h21H,2-20,22-23H2,1H3. The highest BCUT2D eigenvalue weighted by Crippen LogP contribution is 2.14. The Kier molecular flexibility index (Phi) is 19.9. The van der Waals surface area contributed by atoms with E-state index in [-0.39, 0.29) is 0 Å². The monoisotopic (exact) mass is 326 g/mol. The molecule has 1 unspecified atom stereocenters. The summed E-state index contributed by atoms with van der Waals surface area (Å²) >= 11 is 0. The lowest BCUT2D eigenvalue weighted by Gasteiger charge is -2.10. The molecule has 0 fully saturated rings. The van der Waals surface area contributed by atoms with Crippen LogP contribution in [0.2, 0.25) is 0 Å². The largest absolute Gasteiger partial charge is 0.330 e. The van der Waals surface area contributed by atoms with E-state index in [0.717, 1.165) is 19.4 Å². The second-order valence-corrected chi connectivity index (χ2v) is 7.43. The fraction of sp³-hybridized carbons (Fsp3) is 1.00. The van der Waals surface area contributed by atoms with Crippen molar-refractivity contribution in [2.24, 2.45) is 11.5 Å². The predicted octanol–water partition coefficient (Wildman–Crippen LogP) is 6.31. The van der Waals surface area contributed by atoms with Gasteiger partial charge in [-0.1, -0.05) is 103 Å². The molecule has 0 aromatic heterocycles. The van der Waals surface area contributed by atoms with Crippen LogP contribution in [-0.2, 0) is 0 Å². The predicted molar refractivity (Wildman–Crippen MR) is 106 cm³/mol. The van der Waals surface area contributed by atoms with E-state index in [1.165, 1.54) is 103 Å². The summed E-state index contributed by atoms with van der Waals surface area (Å²) in [4.78, 5) is 0. The zero-order valence-corrected chi connectivity index (χ0v) is 16.2. The minimum atomic E-state index is 0.416. The minimum absolute atomic E-state index is 0.416. The molecule has 23 heavy (non-hydrogen) atoms. The van der Waals surface area contributed by atoms with Gasteiger partial charge >= 0.3 is 0 Å². The Morgan fingerprint density at radius 1 is 0.522 bits per heavy atom. The van der Waals surface area contributed by atoms with Crippen LogP contribution in [-0.4, -0.2) is 12.6 Å². The molecular weight excluding hydrogens is 280 g/mol. The molecule has 2 heteroatoms. The highest BCUT2D eigenvalue weighted by molar-refractivity contribution is 4.61. The molecule has 0 rings (SSSR count). The van der Waals surface area contributed by atoms with Crippen molar-refractivity contribution in [1.29, 1.82) is 0 Å². The smallest absolute Gasteiger partial charge is 0.00388 e. The first kappa shape index (κ1) is 22.9. The van der Waals surface area contributed by atoms with Crippen molar-refractivity contribution in [2.45, 2.75) is 129 Å². The van der Waals surface area contributed by atoms with Gasteiger partial charge in [-0.3, -0.25) is 0 Å². The molecule has 140 valence electrons. The maximum atomic E-state index is 6.12. The third kappa shape index (κ3) is 19.9. The van der Waals surface area contributed by atoms with Crippen LogP contribution in [0.25, 0.3) is 0 Å². The summed E-state index contributed by atoms with van der Waals surface area (Å²) in [6.45, 7) is 3.10. The van der Waals surface area contributed by atoms with Gasteiger partial charge in [0.2, 0.25) is 0 Å². The van der Waals surface area contributed by atoms with Gasteiger partial charge in [0.05, 0.1) is 0 Å². The average molecular weight is 327 g/mol. The highest BCUT2D eigenvalue weighted by atomic mass is 14.6. The molecule has 0 aliphatic carbocycles. The van der Waals surface area contributed by atoms with Gasteiger partial charge in [0.1, 0.15) is 0 Å². The van der Waals surface area contributed by atoms with Gasteiger partial charge in [-0.25, -0.2) is 0 Å². The molecule has 0 aliphatic rings. The summed E-state index contributed by atoms with van der Waals surface area (Å²) in [6, 6.07) is 0.416. The lowest BCUT2D eigenvalue weighted by molar-refractivity contribution is 0.489. The van der Waals surface area contributed by atoms with Gasteiger partial charge in [-0.05, 0) is 25.8 Å². The van der Waals surface area contributed by atoms with Crippen molar-refractivity contribution >= 4 is 0 Å². The van der Waals surface area contributed by atoms with Crippen LogP contribution in [0.4, 0.5) is 0 Å². The fourth-order valence-corrected chi connectivity index (χ4v) is 3.30. The number of hydrogen-bond acceptors (Lipinski definition) is 2. The van der Waals surface area contributed by atoms with Crippen LogP contribution < -0.4 is 11.5 Å². The molecule has 0 bridgehead atoms. The summed E-state index contributed by atoms with van der Waals surface area (Å²) in [7, 11) is 0. The first-order valence-corrected chi connectivity index (χ1v) is 10.8. The third-order valence-corrected chi connectivity index (χ3v) is 4.96. The maximum Gasteiger partial charge on any atom is 0.00388 e. The van der Waals surface area contributed by atoms with E-state index in [1.807, 2.05) is 0 Å². The van der Waals surface area contributed by atoms with Crippen molar-refractivity contribution < 1.29 is 0 Å². The Labute approximate surface area is 147 Å². The van der Waals surface area contributed by atoms with Gasteiger partial charge < -0.3 is 11.5 Å². The molecule has 0 aromatic carbocycles. The Morgan fingerprint density at radius 3 is 1.26 bits per heavy atom. The Hall–Kier alpha value is -0.0800. The van der Waals surface area contributed by atoms with Crippen LogP contribution in [0, 0.1) is 0 Å². The van der Waals surface area contributed by atoms with Gasteiger partial charge in [-0.15, -0.1) is 0 Å². The van der Waals surface area contributed by atoms with Gasteiger partial charge in [0.15, 0.2) is 0 Å². The number of hydrogen-bond donors (Lipinski definition) is 2. The molecule has 0 saturated carbocycles. The molecule has 0 heterocycles. The molecule has 0 aliphatic heterocycles. The zero-order valence-electron chi connectivity index (χ0n) is 16.2. The molecular formula is C21H46N2.